The molecular weight excluding hydrogens is 516 g/mol. The van der Waals surface area contributed by atoms with Gasteiger partial charge in [-0.2, -0.15) is 0 Å². The SMILES string of the molecule is [2H]c1c([2H])c([2H])c2c([2H])c(-c3c4c([2H])c([2H])c([2H])c([2H])c4c(-c4ccc5c(c4)-c4c(ccc6ccccc46)C5(C)C)c4c([2H])c([2H])c([2H])c([2H])c34)c([2H])c([2H])c2c1[2H]. The van der Waals surface area contributed by atoms with Crippen LogP contribution in [-0.4, -0.2) is 0 Å². The number of rotatable bonds is 2. The minimum Gasteiger partial charge on any atom is -0.0616 e. The lowest BCUT2D eigenvalue weighted by Gasteiger charge is -2.22. The number of fused-ring (bicyclic) bond motifs is 8. The second-order valence-electron chi connectivity index (χ2n) is 11.3. The van der Waals surface area contributed by atoms with Crippen molar-refractivity contribution in [2.24, 2.45) is 0 Å². The van der Waals surface area contributed by atoms with E-state index in [1.807, 2.05) is 36.4 Å². The molecule has 43 heavy (non-hydrogen) atoms. The summed E-state index contributed by atoms with van der Waals surface area (Å²) in [4.78, 5) is 0. The van der Waals surface area contributed by atoms with E-state index < -0.39 is 112 Å². The van der Waals surface area contributed by atoms with E-state index in [9.17, 15) is 8.22 Å². The molecule has 1 aliphatic rings. The fourth-order valence-electron chi connectivity index (χ4n) is 6.75. The van der Waals surface area contributed by atoms with Crippen LogP contribution in [0.2, 0.25) is 0 Å². The average molecular weight is 562 g/mol. The molecule has 8 aromatic carbocycles. The zero-order valence-corrected chi connectivity index (χ0v) is 23.2. The van der Waals surface area contributed by atoms with E-state index in [0.29, 0.717) is 5.56 Å². The maximum absolute atomic E-state index is 9.45. The van der Waals surface area contributed by atoms with Crippen molar-refractivity contribution >= 4 is 43.1 Å². The van der Waals surface area contributed by atoms with Gasteiger partial charge in [0, 0.05) is 5.41 Å². The number of benzene rings is 8. The summed E-state index contributed by atoms with van der Waals surface area (Å²) >= 11 is 0. The molecule has 0 nitrogen and oxygen atoms in total. The largest absolute Gasteiger partial charge is 0.0636 e. The van der Waals surface area contributed by atoms with Gasteiger partial charge in [0.05, 0.1) is 20.6 Å². The van der Waals surface area contributed by atoms with Gasteiger partial charge in [-0.25, -0.2) is 0 Å². The predicted octanol–water partition coefficient (Wildman–Crippen LogP) is 11.9. The molecule has 0 heterocycles. The lowest BCUT2D eigenvalue weighted by Crippen LogP contribution is -2.14. The van der Waals surface area contributed by atoms with Crippen LogP contribution in [0.3, 0.4) is 0 Å². The second-order valence-corrected chi connectivity index (χ2v) is 11.3. The van der Waals surface area contributed by atoms with Gasteiger partial charge in [0.1, 0.15) is 0 Å². The van der Waals surface area contributed by atoms with E-state index in [1.54, 1.807) is 6.07 Å². The maximum atomic E-state index is 9.45. The van der Waals surface area contributed by atoms with E-state index in [0.717, 1.165) is 33.0 Å². The normalized spacial score (nSPS) is 18.4. The summed E-state index contributed by atoms with van der Waals surface area (Å²) in [7, 11) is 0. The molecule has 0 amide bonds. The van der Waals surface area contributed by atoms with Crippen molar-refractivity contribution in [1.29, 1.82) is 0 Å². The fraction of sp³-hybridized carbons (Fsp3) is 0.0698. The summed E-state index contributed by atoms with van der Waals surface area (Å²) in [5.74, 6) is 0. The molecule has 0 fully saturated rings. The van der Waals surface area contributed by atoms with Crippen molar-refractivity contribution in [3.05, 3.63) is 156 Å². The Morgan fingerprint density at radius 2 is 1.07 bits per heavy atom. The van der Waals surface area contributed by atoms with Crippen LogP contribution in [0.15, 0.2) is 145 Å². The Morgan fingerprint density at radius 1 is 0.465 bits per heavy atom. The van der Waals surface area contributed by atoms with Gasteiger partial charge in [-0.05, 0) is 99.7 Å². The summed E-state index contributed by atoms with van der Waals surface area (Å²) in [5.41, 5.74) is 3.06. The molecule has 8 aromatic rings. The molecule has 0 unspecified atom stereocenters. The first-order chi connectivity index (χ1) is 27.3. The molecule has 0 aromatic heterocycles. The number of hydrogen-bond donors (Lipinski definition) is 0. The molecule has 0 radical (unpaired) electrons. The van der Waals surface area contributed by atoms with Crippen molar-refractivity contribution in [1.82, 2.24) is 0 Å². The van der Waals surface area contributed by atoms with Crippen LogP contribution < -0.4 is 0 Å². The molecular formula is C43H30. The molecule has 0 bridgehead atoms. The fourth-order valence-corrected chi connectivity index (χ4v) is 6.75. The van der Waals surface area contributed by atoms with Gasteiger partial charge < -0.3 is 0 Å². The quantitative estimate of drug-likeness (QED) is 0.184. The molecule has 9 rings (SSSR count). The highest BCUT2D eigenvalue weighted by atomic mass is 14.4. The summed E-state index contributed by atoms with van der Waals surface area (Å²) in [6, 6.07) is 7.95. The topological polar surface area (TPSA) is 0 Å². The van der Waals surface area contributed by atoms with E-state index >= 15 is 0 Å². The summed E-state index contributed by atoms with van der Waals surface area (Å²) in [6.07, 6.45) is 0. The maximum Gasteiger partial charge on any atom is 0.0636 e. The van der Waals surface area contributed by atoms with Crippen LogP contribution in [0.25, 0.3) is 76.5 Å². The zero-order chi connectivity index (χ0) is 41.8. The Labute approximate surface area is 272 Å². The molecule has 0 saturated carbocycles. The Balaban J connectivity index is 1.55. The second kappa shape index (κ2) is 8.90. The first-order valence-corrected chi connectivity index (χ1v) is 14.0. The van der Waals surface area contributed by atoms with Crippen LogP contribution in [0.4, 0.5) is 0 Å². The standard InChI is InChI=1S/C43H30/c1-43(2)38-23-22-31(26-37(38)42-32-14-6-5-12-28(32)21-24-39(42)43)41-35-17-9-7-15-33(35)40(34-16-8-10-18-36(34)41)30-20-19-27-11-3-4-13-29(27)25-30/h3-26H,1-2H3/i3D,4D,7D,8D,9D,10D,11D,13D,15D,16D,17D,18D,19D,20D,25D. The van der Waals surface area contributed by atoms with Crippen molar-refractivity contribution in [2.75, 3.05) is 0 Å². The lowest BCUT2D eigenvalue weighted by atomic mass is 9.81. The minimum absolute atomic E-state index is 0.0777. The molecule has 0 N–H and O–H groups in total. The van der Waals surface area contributed by atoms with E-state index in [1.165, 1.54) is 0 Å². The molecule has 0 heteroatoms. The zero-order valence-electron chi connectivity index (χ0n) is 38.2. The third-order valence-electron chi connectivity index (χ3n) is 8.73. The smallest absolute Gasteiger partial charge is 0.0616 e. The van der Waals surface area contributed by atoms with Crippen LogP contribution >= 0.6 is 0 Å². The van der Waals surface area contributed by atoms with E-state index in [-0.39, 0.29) is 32.7 Å². The highest BCUT2D eigenvalue weighted by Crippen LogP contribution is 2.53. The van der Waals surface area contributed by atoms with E-state index in [2.05, 4.69) is 26.0 Å². The minimum atomic E-state index is -0.721. The highest BCUT2D eigenvalue weighted by Gasteiger charge is 2.36. The van der Waals surface area contributed by atoms with Crippen LogP contribution in [0.5, 0.6) is 0 Å². The Kier molecular flexibility index (Phi) is 2.87. The first-order valence-electron chi connectivity index (χ1n) is 21.5. The third-order valence-corrected chi connectivity index (χ3v) is 8.73. The van der Waals surface area contributed by atoms with Crippen LogP contribution in [-0.2, 0) is 5.41 Å². The van der Waals surface area contributed by atoms with Crippen molar-refractivity contribution in [3.63, 3.8) is 0 Å². The summed E-state index contributed by atoms with van der Waals surface area (Å²) in [6.45, 7) is 4.22. The summed E-state index contributed by atoms with van der Waals surface area (Å²) < 4.78 is 134. The lowest BCUT2D eigenvalue weighted by molar-refractivity contribution is 0.661. The van der Waals surface area contributed by atoms with Crippen LogP contribution in [0, 0.1) is 0 Å². The molecule has 0 spiro atoms. The van der Waals surface area contributed by atoms with Crippen molar-refractivity contribution in [3.8, 4) is 33.4 Å². The average Bonchev–Trinajstić information content (AvgIpc) is 3.44. The molecule has 202 valence electrons. The Morgan fingerprint density at radius 3 is 1.79 bits per heavy atom. The highest BCUT2D eigenvalue weighted by molar-refractivity contribution is 6.22. The molecule has 1 aliphatic carbocycles. The predicted molar refractivity (Wildman–Crippen MR) is 185 cm³/mol. The summed E-state index contributed by atoms with van der Waals surface area (Å²) in [5, 5.41) is 0.352. The molecule has 0 atom stereocenters. The number of hydrogen-bond acceptors (Lipinski definition) is 0. The van der Waals surface area contributed by atoms with Gasteiger partial charge in [0.25, 0.3) is 0 Å². The van der Waals surface area contributed by atoms with Gasteiger partial charge in [-0.15, -0.1) is 0 Å². The Bertz CT molecular complexity index is 3180. The van der Waals surface area contributed by atoms with Crippen LogP contribution in [0.1, 0.15) is 45.5 Å². The van der Waals surface area contributed by atoms with Crippen molar-refractivity contribution < 1.29 is 20.6 Å². The first kappa shape index (κ1) is 13.8. The Hall–Kier alpha value is -5.20. The molecule has 0 aliphatic heterocycles. The van der Waals surface area contributed by atoms with E-state index in [4.69, 9.17) is 12.3 Å². The molecule has 0 saturated heterocycles. The van der Waals surface area contributed by atoms with Gasteiger partial charge in [0.15, 0.2) is 0 Å². The van der Waals surface area contributed by atoms with Gasteiger partial charge in [0.2, 0.25) is 0 Å². The van der Waals surface area contributed by atoms with Gasteiger partial charge in [-0.1, -0.05) is 147 Å². The van der Waals surface area contributed by atoms with Crippen molar-refractivity contribution in [2.45, 2.75) is 19.3 Å². The van der Waals surface area contributed by atoms with Gasteiger partial charge >= 0.3 is 0 Å². The third kappa shape index (κ3) is 3.44. The van der Waals surface area contributed by atoms with Gasteiger partial charge in [-0.3, -0.25) is 0 Å². The monoisotopic (exact) mass is 561 g/mol.